The Hall–Kier alpha value is -2.01. The van der Waals surface area contributed by atoms with Crippen LogP contribution >= 0.6 is 11.6 Å². The number of carbonyl (C=O) groups excluding carboxylic acids is 1. The van der Waals surface area contributed by atoms with E-state index in [9.17, 15) is 13.6 Å². The van der Waals surface area contributed by atoms with Gasteiger partial charge in [0.1, 0.15) is 11.6 Å². The topological polar surface area (TPSA) is 26.3 Å². The van der Waals surface area contributed by atoms with Gasteiger partial charge in [-0.2, -0.15) is 0 Å². The highest BCUT2D eigenvalue weighted by molar-refractivity contribution is 6.30. The first kappa shape index (κ1) is 16.8. The predicted molar refractivity (Wildman–Crippen MR) is 84.3 cm³/mol. The minimum Gasteiger partial charge on any atom is -0.466 e. The monoisotopic (exact) mass is 354 g/mol. The zero-order valence-corrected chi connectivity index (χ0v) is 13.5. The molecule has 0 spiro atoms. The molecule has 6 heteroatoms. The lowest BCUT2D eigenvalue weighted by atomic mass is 9.94. The van der Waals surface area contributed by atoms with E-state index in [1.807, 2.05) is 0 Å². The molecule has 3 rings (SSSR count). The van der Waals surface area contributed by atoms with Crippen LogP contribution in [-0.4, -0.2) is 12.6 Å². The standard InChI is InChI=1S/C18H14ClF3O2/c1-2-24-17(23)13-9-18(13,22)12-7-6-10(19)8-11(12)16-14(20)4-3-5-15(16)21/h3-8,13H,2,9H2,1H3. The SMILES string of the molecule is CCOC(=O)C1CC1(F)c1ccc(Cl)cc1-c1c(F)cccc1F. The fraction of sp³-hybridized carbons (Fsp3) is 0.278. The van der Waals surface area contributed by atoms with Gasteiger partial charge >= 0.3 is 5.97 Å². The van der Waals surface area contributed by atoms with Gasteiger partial charge in [-0.25, -0.2) is 13.2 Å². The molecule has 0 amide bonds. The summed E-state index contributed by atoms with van der Waals surface area (Å²) in [6.45, 7) is 1.77. The van der Waals surface area contributed by atoms with Crippen LogP contribution in [0.15, 0.2) is 36.4 Å². The number of hydrogen-bond donors (Lipinski definition) is 0. The van der Waals surface area contributed by atoms with E-state index in [0.717, 1.165) is 12.1 Å². The van der Waals surface area contributed by atoms with Crippen LogP contribution in [0.3, 0.4) is 0 Å². The Labute approximate surface area is 142 Å². The molecule has 2 unspecified atom stereocenters. The Bertz CT molecular complexity index is 789. The molecule has 126 valence electrons. The van der Waals surface area contributed by atoms with Gasteiger partial charge in [-0.05, 0) is 42.3 Å². The Morgan fingerprint density at radius 3 is 2.58 bits per heavy atom. The van der Waals surface area contributed by atoms with E-state index in [0.29, 0.717) is 0 Å². The third-order valence-corrected chi connectivity index (χ3v) is 4.36. The van der Waals surface area contributed by atoms with Crippen molar-refractivity contribution in [2.75, 3.05) is 6.61 Å². The van der Waals surface area contributed by atoms with Crippen molar-refractivity contribution in [1.82, 2.24) is 0 Å². The van der Waals surface area contributed by atoms with Crippen LogP contribution in [0.1, 0.15) is 18.9 Å². The molecule has 1 saturated carbocycles. The van der Waals surface area contributed by atoms with Crippen molar-refractivity contribution in [3.05, 3.63) is 58.6 Å². The van der Waals surface area contributed by atoms with E-state index in [1.165, 1.54) is 24.3 Å². The number of esters is 1. The fourth-order valence-corrected chi connectivity index (χ4v) is 3.06. The molecule has 0 aromatic heterocycles. The lowest BCUT2D eigenvalue weighted by Crippen LogP contribution is -2.14. The first-order valence-electron chi connectivity index (χ1n) is 7.48. The van der Waals surface area contributed by atoms with Crippen LogP contribution in [0, 0.1) is 17.6 Å². The van der Waals surface area contributed by atoms with Gasteiger partial charge in [-0.1, -0.05) is 23.7 Å². The molecule has 2 aromatic rings. The van der Waals surface area contributed by atoms with Gasteiger partial charge in [0.05, 0.1) is 18.1 Å². The van der Waals surface area contributed by atoms with Crippen molar-refractivity contribution in [2.45, 2.75) is 19.0 Å². The Morgan fingerprint density at radius 2 is 1.96 bits per heavy atom. The summed E-state index contributed by atoms with van der Waals surface area (Å²) in [5.41, 5.74) is -2.33. The maximum Gasteiger partial charge on any atom is 0.312 e. The summed E-state index contributed by atoms with van der Waals surface area (Å²) < 4.78 is 48.3. The zero-order chi connectivity index (χ0) is 17.5. The predicted octanol–water partition coefficient (Wildman–Crippen LogP) is 5.03. The van der Waals surface area contributed by atoms with Crippen LogP contribution < -0.4 is 0 Å². The van der Waals surface area contributed by atoms with Crippen molar-refractivity contribution in [1.29, 1.82) is 0 Å². The molecular weight excluding hydrogens is 341 g/mol. The Morgan fingerprint density at radius 1 is 1.29 bits per heavy atom. The van der Waals surface area contributed by atoms with E-state index in [1.54, 1.807) is 6.92 Å². The van der Waals surface area contributed by atoms with Gasteiger partial charge in [0.25, 0.3) is 0 Å². The lowest BCUT2D eigenvalue weighted by molar-refractivity contribution is -0.145. The first-order chi connectivity index (χ1) is 11.4. The van der Waals surface area contributed by atoms with E-state index in [2.05, 4.69) is 0 Å². The number of ether oxygens (including phenoxy) is 1. The maximum absolute atomic E-state index is 15.2. The number of halogens is 4. The van der Waals surface area contributed by atoms with Crippen LogP contribution in [0.2, 0.25) is 5.02 Å². The van der Waals surface area contributed by atoms with Crippen LogP contribution in [0.5, 0.6) is 0 Å². The summed E-state index contributed by atoms with van der Waals surface area (Å²) in [6, 6.07) is 7.50. The van der Waals surface area contributed by atoms with E-state index in [-0.39, 0.29) is 34.7 Å². The minimum absolute atomic E-state index is 0.00685. The lowest BCUT2D eigenvalue weighted by Gasteiger charge is -2.16. The molecule has 2 aromatic carbocycles. The van der Waals surface area contributed by atoms with E-state index >= 15 is 4.39 Å². The van der Waals surface area contributed by atoms with E-state index < -0.39 is 29.2 Å². The summed E-state index contributed by atoms with van der Waals surface area (Å²) in [7, 11) is 0. The van der Waals surface area contributed by atoms with Crippen molar-refractivity contribution in [3.8, 4) is 11.1 Å². The van der Waals surface area contributed by atoms with Gasteiger partial charge in [-0.15, -0.1) is 0 Å². The highest BCUT2D eigenvalue weighted by Crippen LogP contribution is 2.58. The summed E-state index contributed by atoms with van der Waals surface area (Å²) >= 11 is 5.93. The molecule has 2 nitrogen and oxygen atoms in total. The van der Waals surface area contributed by atoms with Crippen LogP contribution in [0.4, 0.5) is 13.2 Å². The second kappa shape index (κ2) is 6.13. The van der Waals surface area contributed by atoms with Gasteiger partial charge in [0.2, 0.25) is 0 Å². The Kier molecular flexibility index (Phi) is 4.30. The summed E-state index contributed by atoms with van der Waals surface area (Å²) in [5.74, 6) is -3.28. The molecule has 2 atom stereocenters. The summed E-state index contributed by atoms with van der Waals surface area (Å²) in [5, 5.41) is 0.216. The summed E-state index contributed by atoms with van der Waals surface area (Å²) in [4.78, 5) is 11.8. The molecule has 0 heterocycles. The quantitative estimate of drug-likeness (QED) is 0.719. The van der Waals surface area contributed by atoms with Crippen LogP contribution in [-0.2, 0) is 15.2 Å². The van der Waals surface area contributed by atoms with Crippen molar-refractivity contribution < 1.29 is 22.7 Å². The van der Waals surface area contributed by atoms with Gasteiger partial charge in [-0.3, -0.25) is 4.79 Å². The highest BCUT2D eigenvalue weighted by Gasteiger charge is 2.62. The molecular formula is C18H14ClF3O2. The number of rotatable bonds is 4. The molecule has 24 heavy (non-hydrogen) atoms. The highest BCUT2D eigenvalue weighted by atomic mass is 35.5. The zero-order valence-electron chi connectivity index (χ0n) is 12.8. The first-order valence-corrected chi connectivity index (χ1v) is 7.86. The normalized spacial score (nSPS) is 22.3. The van der Waals surface area contributed by atoms with Crippen molar-refractivity contribution in [2.24, 2.45) is 5.92 Å². The molecule has 1 aliphatic rings. The molecule has 0 saturated heterocycles. The molecule has 0 aliphatic heterocycles. The molecule has 0 bridgehead atoms. The molecule has 0 radical (unpaired) electrons. The van der Waals surface area contributed by atoms with Gasteiger partial charge in [0.15, 0.2) is 5.67 Å². The number of hydrogen-bond acceptors (Lipinski definition) is 2. The maximum atomic E-state index is 15.2. The molecule has 1 fully saturated rings. The third-order valence-electron chi connectivity index (χ3n) is 4.13. The average Bonchev–Trinajstić information content (AvgIpc) is 3.20. The molecule has 1 aliphatic carbocycles. The van der Waals surface area contributed by atoms with Crippen LogP contribution in [0.25, 0.3) is 11.1 Å². The van der Waals surface area contributed by atoms with Crippen molar-refractivity contribution in [3.63, 3.8) is 0 Å². The van der Waals surface area contributed by atoms with Crippen molar-refractivity contribution >= 4 is 17.6 Å². The second-order valence-corrected chi connectivity index (χ2v) is 6.09. The van der Waals surface area contributed by atoms with Gasteiger partial charge in [0, 0.05) is 11.4 Å². The summed E-state index contributed by atoms with van der Waals surface area (Å²) in [6.07, 6.45) is -0.0868. The Balaban J connectivity index is 2.10. The van der Waals surface area contributed by atoms with Gasteiger partial charge < -0.3 is 4.74 Å². The largest absolute Gasteiger partial charge is 0.466 e. The minimum atomic E-state index is -2.01. The number of carbonyl (C=O) groups is 1. The molecule has 0 N–H and O–H groups in total. The number of benzene rings is 2. The van der Waals surface area contributed by atoms with E-state index in [4.69, 9.17) is 16.3 Å². The fourth-order valence-electron chi connectivity index (χ4n) is 2.89. The smallest absolute Gasteiger partial charge is 0.312 e. The average molecular weight is 355 g/mol. The number of alkyl halides is 1. The third kappa shape index (κ3) is 2.77. The second-order valence-electron chi connectivity index (χ2n) is 5.66.